The number of carboxylic acid groups (broad SMARTS) is 1. The van der Waals surface area contributed by atoms with Gasteiger partial charge in [0.15, 0.2) is 0 Å². The number of fused-ring (bicyclic) bond motifs is 4. The van der Waals surface area contributed by atoms with Gasteiger partial charge in [-0.1, -0.05) is 13.8 Å². The summed E-state index contributed by atoms with van der Waals surface area (Å²) in [4.78, 5) is 42.9. The second-order valence-corrected chi connectivity index (χ2v) is 14.4. The van der Waals surface area contributed by atoms with Crippen LogP contribution >= 0.6 is 0 Å². The maximum absolute atomic E-state index is 13.4. The van der Waals surface area contributed by atoms with Crippen LogP contribution in [0.4, 0.5) is 0 Å². The van der Waals surface area contributed by atoms with Crippen molar-refractivity contribution < 1.29 is 38.8 Å². The number of aliphatic hydroxyl groups is 2. The highest BCUT2D eigenvalue weighted by Gasteiger charge is 2.71. The minimum Gasteiger partial charge on any atom is -0.484 e. The fourth-order valence-corrected chi connectivity index (χ4v) is 9.18. The molecule has 4 aliphatic carbocycles. The molecule has 4 fully saturated rings. The number of hydrogen-bond donors (Lipinski definition) is 3. The van der Waals surface area contributed by atoms with Crippen molar-refractivity contribution in [3.05, 3.63) is 46.6 Å². The van der Waals surface area contributed by atoms with Crippen LogP contribution < -0.4 is 10.4 Å². The van der Waals surface area contributed by atoms with Gasteiger partial charge in [-0.2, -0.15) is 0 Å². The summed E-state index contributed by atoms with van der Waals surface area (Å²) in [5.41, 5.74) is -3.76. The third-order valence-electron chi connectivity index (χ3n) is 11.8. The predicted octanol–water partition coefficient (Wildman–Crippen LogP) is 4.27. The lowest BCUT2D eigenvalue weighted by molar-refractivity contribution is -0.265. The van der Waals surface area contributed by atoms with Gasteiger partial charge >= 0.3 is 17.6 Å². The summed E-state index contributed by atoms with van der Waals surface area (Å²) in [6, 6.07) is 5.04. The minimum atomic E-state index is -1.31. The average Bonchev–Trinajstić information content (AvgIpc) is 3.88. The molecule has 8 atom stereocenters. The Balaban J connectivity index is 1.31. The van der Waals surface area contributed by atoms with Gasteiger partial charge in [-0.15, -0.1) is 0 Å². The van der Waals surface area contributed by atoms with Gasteiger partial charge in [-0.3, -0.25) is 14.6 Å². The Morgan fingerprint density at radius 3 is 2.49 bits per heavy atom. The van der Waals surface area contributed by atoms with Gasteiger partial charge in [0.25, 0.3) is 0 Å². The molecule has 0 radical (unpaired) electrons. The van der Waals surface area contributed by atoms with E-state index in [0.717, 1.165) is 12.8 Å². The summed E-state index contributed by atoms with van der Waals surface area (Å²) in [6.07, 6.45) is 4.59. The molecular formula is C33H39NO9. The Labute approximate surface area is 249 Å². The minimum absolute atomic E-state index is 0.0115. The Kier molecular flexibility index (Phi) is 6.22. The molecule has 3 N–H and O–H groups in total. The maximum Gasteiger partial charge on any atom is 0.345 e. The molecule has 5 aliphatic rings. The number of carbonyl (C=O) groups excluding carboxylic acids is 1. The van der Waals surface area contributed by atoms with E-state index in [2.05, 4.69) is 4.98 Å². The number of hydrogen-bond acceptors (Lipinski definition) is 9. The molecular weight excluding hydrogens is 554 g/mol. The van der Waals surface area contributed by atoms with Crippen molar-refractivity contribution in [1.29, 1.82) is 0 Å². The quantitative estimate of drug-likeness (QED) is 0.414. The van der Waals surface area contributed by atoms with Crippen LogP contribution in [-0.2, 0) is 14.3 Å². The zero-order valence-electron chi connectivity index (χ0n) is 24.7. The zero-order valence-corrected chi connectivity index (χ0v) is 24.7. The highest BCUT2D eigenvalue weighted by Crippen LogP contribution is 2.70. The number of carboxylic acids is 1. The zero-order chi connectivity index (χ0) is 30.5. The first-order valence-corrected chi connectivity index (χ1v) is 15.4. The van der Waals surface area contributed by atoms with Crippen molar-refractivity contribution in [2.75, 3.05) is 0 Å². The topological polar surface area (TPSA) is 156 Å². The van der Waals surface area contributed by atoms with Gasteiger partial charge in [0.2, 0.25) is 0 Å². The van der Waals surface area contributed by atoms with Crippen LogP contribution in [0.5, 0.6) is 5.75 Å². The molecule has 2 aromatic heterocycles. The molecule has 0 spiro atoms. The van der Waals surface area contributed by atoms with Crippen LogP contribution in [0.15, 0.2) is 39.8 Å². The number of aromatic nitrogens is 1. The van der Waals surface area contributed by atoms with Gasteiger partial charge in [-0.05, 0) is 81.8 Å². The summed E-state index contributed by atoms with van der Waals surface area (Å²) in [5, 5.41) is 34.1. The number of pyridine rings is 1. The molecule has 10 nitrogen and oxygen atoms in total. The third kappa shape index (κ3) is 4.19. The van der Waals surface area contributed by atoms with Crippen LogP contribution in [0, 0.1) is 34.0 Å². The molecule has 2 aromatic rings. The SMILES string of the molecule is C[C@]12CC[C@H](OC(=O)C3CC3)[C@](C)(CC3(C(=O)O)CC3)[C@@H]1C[C@H](O)[C@@]1(C)Oc3cc(-c4cccnc4)oc(=O)c3[C@H](O)[C@H]21. The Morgan fingerprint density at radius 2 is 1.86 bits per heavy atom. The molecule has 0 saturated heterocycles. The van der Waals surface area contributed by atoms with E-state index >= 15 is 0 Å². The van der Waals surface area contributed by atoms with Crippen molar-refractivity contribution in [2.45, 2.75) is 96.1 Å². The van der Waals surface area contributed by atoms with Gasteiger partial charge in [0, 0.05) is 35.4 Å². The molecule has 43 heavy (non-hydrogen) atoms. The molecule has 1 aliphatic heterocycles. The number of rotatable bonds is 6. The number of aliphatic hydroxyl groups excluding tert-OH is 2. The Hall–Kier alpha value is -3.24. The van der Waals surface area contributed by atoms with E-state index in [-0.39, 0.29) is 41.3 Å². The molecule has 10 heteroatoms. The third-order valence-corrected chi connectivity index (χ3v) is 11.8. The highest BCUT2D eigenvalue weighted by atomic mass is 16.5. The van der Waals surface area contributed by atoms with Gasteiger partial charge < -0.3 is 29.2 Å². The molecule has 230 valence electrons. The summed E-state index contributed by atoms with van der Waals surface area (Å²) in [5.74, 6) is -1.82. The molecule has 3 heterocycles. The first kappa shape index (κ1) is 28.5. The lowest BCUT2D eigenvalue weighted by Crippen LogP contribution is -2.70. The van der Waals surface area contributed by atoms with Crippen molar-refractivity contribution in [3.63, 3.8) is 0 Å². The van der Waals surface area contributed by atoms with E-state index < -0.39 is 57.7 Å². The van der Waals surface area contributed by atoms with Crippen molar-refractivity contribution in [3.8, 4) is 17.1 Å². The first-order chi connectivity index (χ1) is 20.3. The molecule has 4 saturated carbocycles. The van der Waals surface area contributed by atoms with E-state index in [1.807, 2.05) is 13.8 Å². The van der Waals surface area contributed by atoms with E-state index in [1.54, 1.807) is 37.5 Å². The Bertz CT molecular complexity index is 1530. The van der Waals surface area contributed by atoms with Crippen LogP contribution in [0.2, 0.25) is 0 Å². The van der Waals surface area contributed by atoms with E-state index in [1.165, 1.54) is 0 Å². The van der Waals surface area contributed by atoms with E-state index in [0.29, 0.717) is 37.7 Å². The standard InChI is InChI=1S/C33H39NO9/c1-30-9-8-23(42-27(37)17-6-7-17)31(2,16-33(10-11-33)29(39)40)21(30)14-22(35)32(3)26(30)25(36)24-20(43-32)13-19(41-28(24)38)18-5-4-12-34-15-18/h4-5,12-13,15,17,21-23,25-26,35-36H,6-11,14,16H2,1-3H3,(H,39,40)/t21-,22+,23+,25+,26-,30+,31-,32-/m1/s1. The fraction of sp³-hybridized carbons (Fsp3) is 0.636. The van der Waals surface area contributed by atoms with Gasteiger partial charge in [-0.25, -0.2) is 4.79 Å². The average molecular weight is 594 g/mol. The summed E-state index contributed by atoms with van der Waals surface area (Å²) in [6.45, 7) is 5.83. The predicted molar refractivity (Wildman–Crippen MR) is 152 cm³/mol. The lowest BCUT2D eigenvalue weighted by atomic mass is 9.41. The number of carbonyl (C=O) groups is 2. The second kappa shape index (κ2) is 9.38. The monoisotopic (exact) mass is 593 g/mol. The molecule has 0 amide bonds. The molecule has 0 bridgehead atoms. The highest BCUT2D eigenvalue weighted by molar-refractivity contribution is 5.78. The van der Waals surface area contributed by atoms with Crippen LogP contribution in [-0.4, -0.2) is 50.1 Å². The Morgan fingerprint density at radius 1 is 1.12 bits per heavy atom. The van der Waals surface area contributed by atoms with Gasteiger partial charge in [0.1, 0.15) is 28.8 Å². The summed E-state index contributed by atoms with van der Waals surface area (Å²) in [7, 11) is 0. The lowest BCUT2D eigenvalue weighted by Gasteiger charge is -2.66. The number of aliphatic carboxylic acids is 1. The summed E-state index contributed by atoms with van der Waals surface area (Å²) < 4.78 is 18.3. The molecule has 0 aromatic carbocycles. The second-order valence-electron chi connectivity index (χ2n) is 14.4. The fourth-order valence-electron chi connectivity index (χ4n) is 9.18. The smallest absolute Gasteiger partial charge is 0.345 e. The normalized spacial score (nSPS) is 39.0. The largest absolute Gasteiger partial charge is 0.484 e. The van der Waals surface area contributed by atoms with E-state index in [4.69, 9.17) is 13.9 Å². The number of esters is 1. The van der Waals surface area contributed by atoms with Crippen molar-refractivity contribution >= 4 is 11.9 Å². The van der Waals surface area contributed by atoms with Crippen LogP contribution in [0.1, 0.15) is 83.8 Å². The number of nitrogens with zero attached hydrogens (tertiary/aromatic N) is 1. The molecule has 0 unspecified atom stereocenters. The first-order valence-electron chi connectivity index (χ1n) is 15.4. The van der Waals surface area contributed by atoms with Gasteiger partial charge in [0.05, 0.1) is 23.5 Å². The van der Waals surface area contributed by atoms with Crippen LogP contribution in [0.3, 0.4) is 0 Å². The molecule has 7 rings (SSSR count). The van der Waals surface area contributed by atoms with Crippen LogP contribution in [0.25, 0.3) is 11.3 Å². The number of ether oxygens (including phenoxy) is 2. The maximum atomic E-state index is 13.4. The van der Waals surface area contributed by atoms with Crippen molar-refractivity contribution in [2.24, 2.45) is 34.0 Å². The van der Waals surface area contributed by atoms with E-state index in [9.17, 15) is 29.7 Å². The van der Waals surface area contributed by atoms with Crippen molar-refractivity contribution in [1.82, 2.24) is 4.98 Å². The summed E-state index contributed by atoms with van der Waals surface area (Å²) >= 11 is 0.